The number of imidazole rings is 1. The number of nitrogen functional groups attached to an aromatic ring is 1. The summed E-state index contributed by atoms with van der Waals surface area (Å²) in [6.45, 7) is 7.42. The molecule has 11 nitrogen and oxygen atoms in total. The van der Waals surface area contributed by atoms with Crippen LogP contribution >= 0.6 is 0 Å². The molecule has 0 spiro atoms. The highest BCUT2D eigenvalue weighted by molar-refractivity contribution is 5.70. The van der Waals surface area contributed by atoms with Gasteiger partial charge in [-0.15, -0.1) is 0 Å². The van der Waals surface area contributed by atoms with E-state index in [0.29, 0.717) is 24.1 Å². The summed E-state index contributed by atoms with van der Waals surface area (Å²) in [4.78, 5) is 35.6. The molecule has 0 aliphatic heterocycles. The number of ether oxygens (including phenoxy) is 4. The SMILES string of the molecule is CC(C)OC(=O)OCC(CCn1cnc2cnc(N)nc21)COC(=O)OC(C)C. The van der Waals surface area contributed by atoms with Crippen LogP contribution in [0.5, 0.6) is 0 Å². The molecule has 0 aliphatic carbocycles. The molecule has 0 radical (unpaired) electrons. The number of nitrogens with two attached hydrogens (primary N) is 1. The molecule has 2 rings (SSSR count). The van der Waals surface area contributed by atoms with Crippen LogP contribution in [0, 0.1) is 5.92 Å². The van der Waals surface area contributed by atoms with Gasteiger partial charge in [-0.3, -0.25) is 0 Å². The van der Waals surface area contributed by atoms with Crippen LogP contribution in [0.3, 0.4) is 0 Å². The molecule has 2 aromatic rings. The number of carbonyl (C=O) groups is 2. The van der Waals surface area contributed by atoms with E-state index in [1.807, 2.05) is 0 Å². The van der Waals surface area contributed by atoms with Crippen molar-refractivity contribution in [3.05, 3.63) is 12.5 Å². The minimum Gasteiger partial charge on any atom is -0.434 e. The van der Waals surface area contributed by atoms with E-state index in [2.05, 4.69) is 15.0 Å². The third-order valence-electron chi connectivity index (χ3n) is 3.69. The van der Waals surface area contributed by atoms with Crippen LogP contribution in [0.4, 0.5) is 15.5 Å². The van der Waals surface area contributed by atoms with E-state index < -0.39 is 12.3 Å². The molecule has 29 heavy (non-hydrogen) atoms. The minimum atomic E-state index is -0.775. The second-order valence-electron chi connectivity index (χ2n) is 6.98. The molecule has 0 bridgehead atoms. The molecule has 2 N–H and O–H groups in total. The van der Waals surface area contributed by atoms with Gasteiger partial charge in [-0.25, -0.2) is 19.6 Å². The molecular weight excluding hydrogens is 382 g/mol. The Labute approximate surface area is 168 Å². The van der Waals surface area contributed by atoms with Crippen molar-refractivity contribution in [2.24, 2.45) is 5.92 Å². The van der Waals surface area contributed by atoms with Gasteiger partial charge in [0.1, 0.15) is 18.7 Å². The van der Waals surface area contributed by atoms with Gasteiger partial charge < -0.3 is 29.2 Å². The fourth-order valence-corrected chi connectivity index (χ4v) is 2.39. The van der Waals surface area contributed by atoms with Crippen molar-refractivity contribution < 1.29 is 28.5 Å². The molecule has 2 heterocycles. The second-order valence-corrected chi connectivity index (χ2v) is 6.98. The van der Waals surface area contributed by atoms with Crippen LogP contribution in [0.1, 0.15) is 34.1 Å². The first-order chi connectivity index (χ1) is 13.7. The molecule has 11 heteroatoms. The zero-order chi connectivity index (χ0) is 21.4. The number of carbonyl (C=O) groups excluding carboxylic acids is 2. The van der Waals surface area contributed by atoms with E-state index in [0.717, 1.165) is 0 Å². The lowest BCUT2D eigenvalue weighted by Crippen LogP contribution is -2.24. The summed E-state index contributed by atoms with van der Waals surface area (Å²) < 4.78 is 22.0. The predicted octanol–water partition coefficient (Wildman–Crippen LogP) is 2.54. The molecule has 160 valence electrons. The standard InChI is InChI=1S/C18H27N5O6/c1-11(2)28-17(24)26-8-13(9-27-18(25)29-12(3)4)5-6-23-10-21-14-7-20-16(19)22-15(14)23/h7,10-13H,5-6,8-9H2,1-4H3,(H2,19,20,22). The van der Waals surface area contributed by atoms with Gasteiger partial charge in [-0.05, 0) is 34.1 Å². The predicted molar refractivity (Wildman–Crippen MR) is 103 cm³/mol. The number of hydrogen-bond donors (Lipinski definition) is 1. The molecule has 2 aromatic heterocycles. The first kappa shape index (κ1) is 22.2. The third kappa shape index (κ3) is 7.43. The molecule has 0 aromatic carbocycles. The van der Waals surface area contributed by atoms with E-state index in [-0.39, 0.29) is 37.3 Å². The number of hydrogen-bond acceptors (Lipinski definition) is 10. The average Bonchev–Trinajstić information content (AvgIpc) is 3.02. The first-order valence-electron chi connectivity index (χ1n) is 9.34. The van der Waals surface area contributed by atoms with E-state index in [1.54, 1.807) is 44.8 Å². The fourth-order valence-electron chi connectivity index (χ4n) is 2.39. The monoisotopic (exact) mass is 409 g/mol. The number of rotatable bonds is 9. The van der Waals surface area contributed by atoms with Gasteiger partial charge in [-0.1, -0.05) is 0 Å². The first-order valence-corrected chi connectivity index (χ1v) is 9.34. The summed E-state index contributed by atoms with van der Waals surface area (Å²) in [7, 11) is 0. The lowest BCUT2D eigenvalue weighted by atomic mass is 10.1. The van der Waals surface area contributed by atoms with Crippen molar-refractivity contribution >= 4 is 29.4 Å². The van der Waals surface area contributed by atoms with Crippen LogP contribution < -0.4 is 5.73 Å². The van der Waals surface area contributed by atoms with Gasteiger partial charge in [-0.2, -0.15) is 4.98 Å². The minimum absolute atomic E-state index is 0.0181. The normalized spacial score (nSPS) is 11.3. The van der Waals surface area contributed by atoms with Crippen LogP contribution in [0.25, 0.3) is 11.2 Å². The Morgan fingerprint density at radius 2 is 1.62 bits per heavy atom. The molecule has 0 fully saturated rings. The Kier molecular flexibility index (Phi) is 7.98. The van der Waals surface area contributed by atoms with Crippen molar-refractivity contribution in [1.82, 2.24) is 19.5 Å². The van der Waals surface area contributed by atoms with E-state index >= 15 is 0 Å². The van der Waals surface area contributed by atoms with E-state index in [4.69, 9.17) is 24.7 Å². The zero-order valence-corrected chi connectivity index (χ0v) is 17.0. The van der Waals surface area contributed by atoms with Crippen molar-refractivity contribution in [2.75, 3.05) is 18.9 Å². The number of aryl methyl sites for hydroxylation is 1. The summed E-state index contributed by atoms with van der Waals surface area (Å²) in [6.07, 6.45) is 1.55. The maximum absolute atomic E-state index is 11.7. The Morgan fingerprint density at radius 1 is 1.03 bits per heavy atom. The topological polar surface area (TPSA) is 141 Å². The fraction of sp³-hybridized carbons (Fsp3) is 0.611. The Balaban J connectivity index is 1.98. The van der Waals surface area contributed by atoms with Crippen molar-refractivity contribution in [2.45, 2.75) is 52.9 Å². The number of nitrogens with zero attached hydrogens (tertiary/aromatic N) is 4. The highest BCUT2D eigenvalue weighted by Gasteiger charge is 2.18. The summed E-state index contributed by atoms with van der Waals surface area (Å²) in [5.74, 6) is -0.138. The molecule has 0 amide bonds. The molecule has 0 atom stereocenters. The summed E-state index contributed by atoms with van der Waals surface area (Å²) in [5, 5.41) is 0. The number of aromatic nitrogens is 4. The Bertz CT molecular complexity index is 796. The van der Waals surface area contributed by atoms with Gasteiger partial charge in [0.15, 0.2) is 5.65 Å². The van der Waals surface area contributed by atoms with Gasteiger partial charge in [0.2, 0.25) is 5.95 Å². The largest absolute Gasteiger partial charge is 0.508 e. The second kappa shape index (κ2) is 10.4. The third-order valence-corrected chi connectivity index (χ3v) is 3.69. The maximum Gasteiger partial charge on any atom is 0.508 e. The molecular formula is C18H27N5O6. The van der Waals surface area contributed by atoms with Crippen LogP contribution in [0.2, 0.25) is 0 Å². The van der Waals surface area contributed by atoms with Gasteiger partial charge in [0, 0.05) is 12.5 Å². The quantitative estimate of drug-likeness (QED) is 0.614. The average molecular weight is 409 g/mol. The maximum atomic E-state index is 11.7. The molecule has 0 saturated heterocycles. The summed E-state index contributed by atoms with van der Waals surface area (Å²) in [5.41, 5.74) is 6.85. The van der Waals surface area contributed by atoms with Gasteiger partial charge in [0.25, 0.3) is 0 Å². The highest BCUT2D eigenvalue weighted by atomic mass is 16.7. The molecule has 0 saturated carbocycles. The summed E-state index contributed by atoms with van der Waals surface area (Å²) in [6, 6.07) is 0. The molecule has 0 aliphatic rings. The van der Waals surface area contributed by atoms with Crippen molar-refractivity contribution in [3.63, 3.8) is 0 Å². The Morgan fingerprint density at radius 3 is 2.17 bits per heavy atom. The molecule has 0 unspecified atom stereocenters. The number of fused-ring (bicyclic) bond motifs is 1. The van der Waals surface area contributed by atoms with Gasteiger partial charge >= 0.3 is 12.3 Å². The number of anilines is 1. The van der Waals surface area contributed by atoms with Crippen LogP contribution in [0.15, 0.2) is 12.5 Å². The van der Waals surface area contributed by atoms with Crippen molar-refractivity contribution in [1.29, 1.82) is 0 Å². The van der Waals surface area contributed by atoms with E-state index in [9.17, 15) is 9.59 Å². The van der Waals surface area contributed by atoms with Gasteiger partial charge in [0.05, 0.1) is 24.7 Å². The highest BCUT2D eigenvalue weighted by Crippen LogP contribution is 2.14. The van der Waals surface area contributed by atoms with Crippen LogP contribution in [-0.2, 0) is 25.5 Å². The summed E-state index contributed by atoms with van der Waals surface area (Å²) >= 11 is 0. The zero-order valence-electron chi connectivity index (χ0n) is 17.0. The lowest BCUT2D eigenvalue weighted by molar-refractivity contribution is 0.000273. The van der Waals surface area contributed by atoms with E-state index in [1.165, 1.54) is 0 Å². The smallest absolute Gasteiger partial charge is 0.434 e. The Hall–Kier alpha value is -3.11. The lowest BCUT2D eigenvalue weighted by Gasteiger charge is -2.18. The van der Waals surface area contributed by atoms with Crippen molar-refractivity contribution in [3.8, 4) is 0 Å². The van der Waals surface area contributed by atoms with Crippen LogP contribution in [-0.4, -0.2) is 57.3 Å².